The van der Waals surface area contributed by atoms with Gasteiger partial charge in [-0.3, -0.25) is 9.59 Å². The lowest BCUT2D eigenvalue weighted by atomic mass is 9.95. The Labute approximate surface area is 199 Å². The molecule has 0 saturated carbocycles. The highest BCUT2D eigenvalue weighted by molar-refractivity contribution is 5.72. The van der Waals surface area contributed by atoms with E-state index in [0.717, 1.165) is 57.8 Å². The van der Waals surface area contributed by atoms with Crippen LogP contribution >= 0.6 is 0 Å². The van der Waals surface area contributed by atoms with Gasteiger partial charge in [0, 0.05) is 6.42 Å². The van der Waals surface area contributed by atoms with E-state index in [4.69, 9.17) is 9.47 Å². The first-order valence-corrected chi connectivity index (χ1v) is 14.0. The molecule has 1 unspecified atom stereocenters. The van der Waals surface area contributed by atoms with Crippen molar-refractivity contribution in [3.8, 4) is 0 Å². The summed E-state index contributed by atoms with van der Waals surface area (Å²) in [6, 6.07) is 0. The Morgan fingerprint density at radius 3 is 1.53 bits per heavy atom. The molecule has 0 heterocycles. The van der Waals surface area contributed by atoms with Crippen LogP contribution in [0.2, 0.25) is 0 Å². The van der Waals surface area contributed by atoms with Gasteiger partial charge in [0.15, 0.2) is 0 Å². The number of unbranched alkanes of at least 4 members (excludes halogenated alkanes) is 13. The Morgan fingerprint density at radius 2 is 0.969 bits per heavy atom. The molecule has 0 radical (unpaired) electrons. The molecule has 0 aromatic rings. The standard InChI is InChI=1S/C28H54O4/c1-4-7-10-11-12-13-14-15-16-17-21-26(28(30)32-25-19-9-6-3)22-20-23-27(29)31-24-18-8-5-2/h26H,4-25H2,1-3H3. The van der Waals surface area contributed by atoms with E-state index in [1.165, 1.54) is 57.8 Å². The van der Waals surface area contributed by atoms with Crippen LogP contribution in [-0.2, 0) is 19.1 Å². The molecule has 1 atom stereocenters. The van der Waals surface area contributed by atoms with Crippen molar-refractivity contribution in [2.75, 3.05) is 13.2 Å². The Bertz CT molecular complexity index is 422. The summed E-state index contributed by atoms with van der Waals surface area (Å²) >= 11 is 0. The van der Waals surface area contributed by atoms with Gasteiger partial charge in [0.05, 0.1) is 19.1 Å². The summed E-state index contributed by atoms with van der Waals surface area (Å²) in [6.07, 6.45) is 22.0. The summed E-state index contributed by atoms with van der Waals surface area (Å²) in [7, 11) is 0. The van der Waals surface area contributed by atoms with E-state index in [-0.39, 0.29) is 17.9 Å². The highest BCUT2D eigenvalue weighted by Crippen LogP contribution is 2.20. The molecule has 0 aromatic carbocycles. The Morgan fingerprint density at radius 1 is 0.531 bits per heavy atom. The topological polar surface area (TPSA) is 52.6 Å². The van der Waals surface area contributed by atoms with Crippen LogP contribution in [0.1, 0.15) is 149 Å². The fraction of sp³-hybridized carbons (Fsp3) is 0.929. The van der Waals surface area contributed by atoms with Gasteiger partial charge in [0.2, 0.25) is 0 Å². The van der Waals surface area contributed by atoms with Gasteiger partial charge in [-0.1, -0.05) is 111 Å². The van der Waals surface area contributed by atoms with E-state index in [0.29, 0.717) is 26.1 Å². The fourth-order valence-electron chi connectivity index (χ4n) is 4.00. The van der Waals surface area contributed by atoms with Gasteiger partial charge in [-0.05, 0) is 32.1 Å². The lowest BCUT2D eigenvalue weighted by Gasteiger charge is -2.16. The van der Waals surface area contributed by atoms with Gasteiger partial charge in [-0.2, -0.15) is 0 Å². The summed E-state index contributed by atoms with van der Waals surface area (Å²) in [5.74, 6) is -0.262. The van der Waals surface area contributed by atoms with Crippen molar-refractivity contribution in [1.82, 2.24) is 0 Å². The molecule has 0 aromatic heterocycles. The molecule has 0 N–H and O–H groups in total. The number of carbonyl (C=O) groups excluding carboxylic acids is 2. The SMILES string of the molecule is CCCCCCCCCCCCC(CCCC(=O)OCCCCC)C(=O)OCCCCC. The van der Waals surface area contributed by atoms with Crippen LogP contribution in [0.4, 0.5) is 0 Å². The van der Waals surface area contributed by atoms with Crippen LogP contribution < -0.4 is 0 Å². The molecular formula is C28H54O4. The Kier molecular flexibility index (Phi) is 23.8. The minimum absolute atomic E-state index is 0.0617. The lowest BCUT2D eigenvalue weighted by molar-refractivity contribution is -0.150. The van der Waals surface area contributed by atoms with Gasteiger partial charge >= 0.3 is 11.9 Å². The zero-order valence-electron chi connectivity index (χ0n) is 21.8. The van der Waals surface area contributed by atoms with Gasteiger partial charge in [0.25, 0.3) is 0 Å². The monoisotopic (exact) mass is 454 g/mol. The summed E-state index contributed by atoms with van der Waals surface area (Å²) in [5.41, 5.74) is 0. The maximum Gasteiger partial charge on any atom is 0.308 e. The molecule has 0 bridgehead atoms. The molecule has 0 rings (SSSR count). The van der Waals surface area contributed by atoms with Crippen LogP contribution in [0.25, 0.3) is 0 Å². The van der Waals surface area contributed by atoms with E-state index in [1.54, 1.807) is 0 Å². The molecule has 0 aliphatic carbocycles. The number of carbonyl (C=O) groups is 2. The smallest absolute Gasteiger partial charge is 0.308 e. The molecule has 190 valence electrons. The predicted molar refractivity (Wildman–Crippen MR) is 135 cm³/mol. The molecule has 4 heteroatoms. The first-order valence-electron chi connectivity index (χ1n) is 14.0. The number of hydrogen-bond donors (Lipinski definition) is 0. The highest BCUT2D eigenvalue weighted by atomic mass is 16.5. The molecular weight excluding hydrogens is 400 g/mol. The first kappa shape index (κ1) is 30.9. The minimum atomic E-state index is -0.130. The minimum Gasteiger partial charge on any atom is -0.466 e. The number of ether oxygens (including phenoxy) is 2. The molecule has 32 heavy (non-hydrogen) atoms. The fourth-order valence-corrected chi connectivity index (χ4v) is 4.00. The molecule has 4 nitrogen and oxygen atoms in total. The molecule has 0 saturated heterocycles. The summed E-state index contributed by atoms with van der Waals surface area (Å²) in [4.78, 5) is 24.5. The van der Waals surface area contributed by atoms with E-state index < -0.39 is 0 Å². The highest BCUT2D eigenvalue weighted by Gasteiger charge is 2.20. The number of hydrogen-bond acceptors (Lipinski definition) is 4. The number of rotatable bonds is 24. The van der Waals surface area contributed by atoms with Crippen molar-refractivity contribution in [2.24, 2.45) is 5.92 Å². The molecule has 0 aliphatic rings. The zero-order chi connectivity index (χ0) is 23.7. The second kappa shape index (κ2) is 24.6. The van der Waals surface area contributed by atoms with Crippen LogP contribution in [0, 0.1) is 5.92 Å². The summed E-state index contributed by atoms with van der Waals surface area (Å²) in [6.45, 7) is 7.60. The second-order valence-corrected chi connectivity index (χ2v) is 9.36. The second-order valence-electron chi connectivity index (χ2n) is 9.36. The zero-order valence-corrected chi connectivity index (χ0v) is 21.8. The maximum absolute atomic E-state index is 12.6. The van der Waals surface area contributed by atoms with Crippen molar-refractivity contribution in [3.63, 3.8) is 0 Å². The normalized spacial score (nSPS) is 12.0. The van der Waals surface area contributed by atoms with Crippen LogP contribution in [0.5, 0.6) is 0 Å². The average Bonchev–Trinajstić information content (AvgIpc) is 2.79. The van der Waals surface area contributed by atoms with E-state index >= 15 is 0 Å². The van der Waals surface area contributed by atoms with Gasteiger partial charge < -0.3 is 9.47 Å². The molecule has 0 fully saturated rings. The third-order valence-electron chi connectivity index (χ3n) is 6.18. The first-order chi connectivity index (χ1) is 15.7. The van der Waals surface area contributed by atoms with Crippen molar-refractivity contribution in [2.45, 2.75) is 149 Å². The molecule has 0 amide bonds. The lowest BCUT2D eigenvalue weighted by Crippen LogP contribution is -2.19. The van der Waals surface area contributed by atoms with Crippen molar-refractivity contribution in [3.05, 3.63) is 0 Å². The third kappa shape index (κ3) is 20.8. The summed E-state index contributed by atoms with van der Waals surface area (Å²) in [5, 5.41) is 0. The van der Waals surface area contributed by atoms with Gasteiger partial charge in [-0.15, -0.1) is 0 Å². The summed E-state index contributed by atoms with van der Waals surface area (Å²) < 4.78 is 10.8. The van der Waals surface area contributed by atoms with Crippen molar-refractivity contribution < 1.29 is 19.1 Å². The Hall–Kier alpha value is -1.06. The van der Waals surface area contributed by atoms with Crippen molar-refractivity contribution >= 4 is 11.9 Å². The van der Waals surface area contributed by atoms with Gasteiger partial charge in [0.1, 0.15) is 0 Å². The van der Waals surface area contributed by atoms with Crippen LogP contribution in [0.3, 0.4) is 0 Å². The maximum atomic E-state index is 12.6. The van der Waals surface area contributed by atoms with E-state index in [2.05, 4.69) is 20.8 Å². The van der Waals surface area contributed by atoms with Crippen molar-refractivity contribution in [1.29, 1.82) is 0 Å². The predicted octanol–water partition coefficient (Wildman–Crippen LogP) is 8.55. The van der Waals surface area contributed by atoms with E-state index in [1.807, 2.05) is 0 Å². The third-order valence-corrected chi connectivity index (χ3v) is 6.18. The van der Waals surface area contributed by atoms with Crippen LogP contribution in [0.15, 0.2) is 0 Å². The molecule has 0 aliphatic heterocycles. The van der Waals surface area contributed by atoms with E-state index in [9.17, 15) is 9.59 Å². The quantitative estimate of drug-likeness (QED) is 0.108. The number of esters is 2. The average molecular weight is 455 g/mol. The molecule has 0 spiro atoms. The Balaban J connectivity index is 4.10. The largest absolute Gasteiger partial charge is 0.466 e. The van der Waals surface area contributed by atoms with Gasteiger partial charge in [-0.25, -0.2) is 0 Å². The van der Waals surface area contributed by atoms with Crippen LogP contribution in [-0.4, -0.2) is 25.2 Å².